The summed E-state index contributed by atoms with van der Waals surface area (Å²) in [7, 11) is 0. The molecule has 1 aromatic heterocycles. The molecule has 0 saturated carbocycles. The number of guanidine groups is 1. The van der Waals surface area contributed by atoms with Crippen LogP contribution in [0.3, 0.4) is 0 Å². The number of rotatable bonds is 7. The van der Waals surface area contributed by atoms with Crippen LogP contribution in [-0.2, 0) is 6.54 Å². The second kappa shape index (κ2) is 9.88. The lowest BCUT2D eigenvalue weighted by atomic mass is 10.1. The van der Waals surface area contributed by atoms with Crippen molar-refractivity contribution in [2.45, 2.75) is 46.6 Å². The average molecular weight is 338 g/mol. The number of aromatic nitrogens is 1. The van der Waals surface area contributed by atoms with Gasteiger partial charge in [-0.05, 0) is 45.7 Å². The van der Waals surface area contributed by atoms with Gasteiger partial charge in [0.05, 0.1) is 6.54 Å². The first-order valence-corrected chi connectivity index (χ1v) is 9.65. The molecule has 0 aliphatic carbocycles. The summed E-state index contributed by atoms with van der Waals surface area (Å²) in [6.07, 6.45) is 6.03. The van der Waals surface area contributed by atoms with Gasteiger partial charge in [-0.15, -0.1) is 11.3 Å². The monoisotopic (exact) mass is 337 g/mol. The summed E-state index contributed by atoms with van der Waals surface area (Å²) in [5.74, 6) is 1.52. The third-order valence-corrected chi connectivity index (χ3v) is 4.92. The number of thiazole rings is 1. The number of hydrogen-bond acceptors (Lipinski definition) is 4. The predicted molar refractivity (Wildman–Crippen MR) is 99.1 cm³/mol. The van der Waals surface area contributed by atoms with Crippen molar-refractivity contribution in [1.82, 2.24) is 20.5 Å². The number of likely N-dealkylation sites (tertiary alicyclic amines) is 1. The standard InChI is InChI=1S/C17H31N5S/c1-4-18-17(21-12-16-19-11-15(3)23-16)20-10-14(2)13-22-8-6-5-7-9-22/h11,14H,4-10,12-13H2,1-3H3,(H2,18,20,21). The van der Waals surface area contributed by atoms with Crippen molar-refractivity contribution in [3.05, 3.63) is 16.1 Å². The molecule has 5 nitrogen and oxygen atoms in total. The van der Waals surface area contributed by atoms with E-state index in [-0.39, 0.29) is 0 Å². The highest BCUT2D eigenvalue weighted by Crippen LogP contribution is 2.12. The Morgan fingerprint density at radius 2 is 2.13 bits per heavy atom. The van der Waals surface area contributed by atoms with Gasteiger partial charge in [0, 0.05) is 30.7 Å². The quantitative estimate of drug-likeness (QED) is 0.593. The van der Waals surface area contributed by atoms with E-state index in [1.54, 1.807) is 11.3 Å². The zero-order valence-electron chi connectivity index (χ0n) is 14.8. The summed E-state index contributed by atoms with van der Waals surface area (Å²) < 4.78 is 0. The minimum absolute atomic E-state index is 0.624. The van der Waals surface area contributed by atoms with Gasteiger partial charge in [-0.1, -0.05) is 13.3 Å². The smallest absolute Gasteiger partial charge is 0.191 e. The number of nitrogens with zero attached hydrogens (tertiary/aromatic N) is 3. The molecule has 0 amide bonds. The molecule has 1 atom stereocenters. The van der Waals surface area contributed by atoms with E-state index in [2.05, 4.69) is 46.3 Å². The summed E-state index contributed by atoms with van der Waals surface area (Å²) in [6.45, 7) is 12.7. The molecule has 1 fully saturated rings. The van der Waals surface area contributed by atoms with E-state index in [0.29, 0.717) is 12.5 Å². The Morgan fingerprint density at radius 1 is 1.35 bits per heavy atom. The molecule has 0 spiro atoms. The van der Waals surface area contributed by atoms with Crippen LogP contribution in [0.25, 0.3) is 0 Å². The second-order valence-electron chi connectivity index (χ2n) is 6.41. The molecule has 1 aromatic rings. The van der Waals surface area contributed by atoms with E-state index < -0.39 is 0 Å². The summed E-state index contributed by atoms with van der Waals surface area (Å²) in [5, 5.41) is 7.87. The van der Waals surface area contributed by atoms with Crippen molar-refractivity contribution in [2.24, 2.45) is 10.9 Å². The molecule has 0 radical (unpaired) electrons. The number of aliphatic imine (C=N–C) groups is 1. The highest BCUT2D eigenvalue weighted by molar-refractivity contribution is 7.11. The molecule has 0 aromatic carbocycles. The van der Waals surface area contributed by atoms with Crippen LogP contribution in [0.2, 0.25) is 0 Å². The third-order valence-electron chi connectivity index (χ3n) is 4.02. The highest BCUT2D eigenvalue weighted by atomic mass is 32.1. The summed E-state index contributed by atoms with van der Waals surface area (Å²) in [6, 6.07) is 0. The van der Waals surface area contributed by atoms with Gasteiger partial charge in [-0.3, -0.25) is 0 Å². The zero-order chi connectivity index (χ0) is 16.5. The van der Waals surface area contributed by atoms with Crippen LogP contribution in [0.5, 0.6) is 0 Å². The molecular formula is C17H31N5S. The van der Waals surface area contributed by atoms with Crippen LogP contribution in [0.4, 0.5) is 0 Å². The summed E-state index contributed by atoms with van der Waals surface area (Å²) in [4.78, 5) is 12.8. The highest BCUT2D eigenvalue weighted by Gasteiger charge is 2.13. The van der Waals surface area contributed by atoms with Gasteiger partial charge in [0.25, 0.3) is 0 Å². The first-order chi connectivity index (χ1) is 11.2. The van der Waals surface area contributed by atoms with Crippen molar-refractivity contribution in [3.8, 4) is 0 Å². The zero-order valence-corrected chi connectivity index (χ0v) is 15.6. The predicted octanol–water partition coefficient (Wildman–Crippen LogP) is 2.63. The molecule has 1 aliphatic heterocycles. The molecule has 1 aliphatic rings. The molecule has 1 saturated heterocycles. The fraction of sp³-hybridized carbons (Fsp3) is 0.765. The van der Waals surface area contributed by atoms with Crippen molar-refractivity contribution >= 4 is 17.3 Å². The van der Waals surface area contributed by atoms with Gasteiger partial charge in [0.1, 0.15) is 5.01 Å². The minimum atomic E-state index is 0.624. The van der Waals surface area contributed by atoms with E-state index in [4.69, 9.17) is 0 Å². The Bertz CT molecular complexity index is 479. The SMILES string of the molecule is CCNC(=NCc1ncc(C)s1)NCC(C)CN1CCCCC1. The Morgan fingerprint density at radius 3 is 2.78 bits per heavy atom. The molecule has 6 heteroatoms. The average Bonchev–Trinajstić information content (AvgIpc) is 2.96. The van der Waals surface area contributed by atoms with Crippen LogP contribution in [0.15, 0.2) is 11.2 Å². The van der Waals surface area contributed by atoms with Crippen molar-refractivity contribution in [1.29, 1.82) is 0 Å². The molecule has 23 heavy (non-hydrogen) atoms. The summed E-state index contributed by atoms with van der Waals surface area (Å²) >= 11 is 1.72. The Labute approximate surface area is 144 Å². The maximum Gasteiger partial charge on any atom is 0.191 e. The maximum absolute atomic E-state index is 4.64. The molecular weight excluding hydrogens is 306 g/mol. The van der Waals surface area contributed by atoms with Gasteiger partial charge < -0.3 is 15.5 Å². The van der Waals surface area contributed by atoms with Crippen molar-refractivity contribution in [3.63, 3.8) is 0 Å². The Hall–Kier alpha value is -1.14. The van der Waals surface area contributed by atoms with Crippen LogP contribution < -0.4 is 10.6 Å². The Balaban J connectivity index is 1.76. The molecule has 130 valence electrons. The topological polar surface area (TPSA) is 52.6 Å². The van der Waals surface area contributed by atoms with Crippen molar-refractivity contribution in [2.75, 3.05) is 32.7 Å². The first-order valence-electron chi connectivity index (χ1n) is 8.83. The van der Waals surface area contributed by atoms with Gasteiger partial charge in [0.15, 0.2) is 5.96 Å². The normalized spacial score (nSPS) is 18.0. The first kappa shape index (κ1) is 18.2. The van der Waals surface area contributed by atoms with Crippen molar-refractivity contribution < 1.29 is 0 Å². The molecule has 2 rings (SSSR count). The van der Waals surface area contributed by atoms with Crippen LogP contribution in [0.1, 0.15) is 43.0 Å². The fourth-order valence-corrected chi connectivity index (χ4v) is 3.59. The number of nitrogens with one attached hydrogen (secondary N) is 2. The second-order valence-corrected chi connectivity index (χ2v) is 7.73. The molecule has 0 bridgehead atoms. The van der Waals surface area contributed by atoms with Gasteiger partial charge >= 0.3 is 0 Å². The van der Waals surface area contributed by atoms with Crippen LogP contribution in [0, 0.1) is 12.8 Å². The van der Waals surface area contributed by atoms with E-state index in [9.17, 15) is 0 Å². The lowest BCUT2D eigenvalue weighted by Gasteiger charge is -2.29. The summed E-state index contributed by atoms with van der Waals surface area (Å²) in [5.41, 5.74) is 0. The Kier molecular flexibility index (Phi) is 7.82. The van der Waals surface area contributed by atoms with Crippen LogP contribution >= 0.6 is 11.3 Å². The fourth-order valence-electron chi connectivity index (χ4n) is 2.88. The maximum atomic E-state index is 4.64. The minimum Gasteiger partial charge on any atom is -0.357 e. The van der Waals surface area contributed by atoms with Gasteiger partial charge in [-0.25, -0.2) is 9.98 Å². The van der Waals surface area contributed by atoms with E-state index in [1.807, 2.05) is 6.20 Å². The lowest BCUT2D eigenvalue weighted by molar-refractivity contribution is 0.201. The number of hydrogen-bond donors (Lipinski definition) is 2. The van der Waals surface area contributed by atoms with Gasteiger partial charge in [0.2, 0.25) is 0 Å². The molecule has 1 unspecified atom stereocenters. The number of piperidine rings is 1. The lowest BCUT2D eigenvalue weighted by Crippen LogP contribution is -2.42. The van der Waals surface area contributed by atoms with Gasteiger partial charge in [-0.2, -0.15) is 0 Å². The number of aryl methyl sites for hydroxylation is 1. The van der Waals surface area contributed by atoms with E-state index in [0.717, 1.165) is 24.1 Å². The van der Waals surface area contributed by atoms with E-state index in [1.165, 1.54) is 43.8 Å². The van der Waals surface area contributed by atoms with E-state index >= 15 is 0 Å². The largest absolute Gasteiger partial charge is 0.357 e. The third kappa shape index (κ3) is 6.87. The molecule has 2 N–H and O–H groups in total. The van der Waals surface area contributed by atoms with Crippen LogP contribution in [-0.4, -0.2) is 48.6 Å². The molecule has 2 heterocycles.